The van der Waals surface area contributed by atoms with Crippen LogP contribution in [-0.4, -0.2) is 51.6 Å². The SMILES string of the molecule is CC(C)(C)Nc1ncnc(N2CCN(c3ccccn3)CC2)c1[N+](=O)[O-]. The van der Waals surface area contributed by atoms with Gasteiger partial charge in [-0.05, 0) is 32.9 Å². The monoisotopic (exact) mass is 357 g/mol. The Kier molecular flexibility index (Phi) is 4.88. The molecule has 3 rings (SSSR count). The summed E-state index contributed by atoms with van der Waals surface area (Å²) in [6.07, 6.45) is 3.14. The molecule has 0 spiro atoms. The summed E-state index contributed by atoms with van der Waals surface area (Å²) < 4.78 is 0. The second-order valence-electron chi connectivity index (χ2n) is 7.19. The minimum atomic E-state index is -0.408. The molecule has 1 saturated heterocycles. The number of anilines is 3. The number of hydrogen-bond donors (Lipinski definition) is 1. The summed E-state index contributed by atoms with van der Waals surface area (Å²) >= 11 is 0. The predicted molar refractivity (Wildman–Crippen MR) is 101 cm³/mol. The number of pyridine rings is 1. The van der Waals surface area contributed by atoms with Gasteiger partial charge in [-0.2, -0.15) is 0 Å². The third kappa shape index (κ3) is 3.98. The summed E-state index contributed by atoms with van der Waals surface area (Å²) in [6.45, 7) is 8.51. The predicted octanol–water partition coefficient (Wildman–Crippen LogP) is 2.32. The molecular weight excluding hydrogens is 334 g/mol. The average Bonchev–Trinajstić information content (AvgIpc) is 2.61. The summed E-state index contributed by atoms with van der Waals surface area (Å²) in [4.78, 5) is 28.1. The highest BCUT2D eigenvalue weighted by Gasteiger charge is 2.30. The molecule has 26 heavy (non-hydrogen) atoms. The summed E-state index contributed by atoms with van der Waals surface area (Å²) in [5, 5.41) is 14.8. The Morgan fingerprint density at radius 2 is 1.77 bits per heavy atom. The van der Waals surface area contributed by atoms with Gasteiger partial charge in [-0.25, -0.2) is 15.0 Å². The Morgan fingerprint density at radius 3 is 2.35 bits per heavy atom. The van der Waals surface area contributed by atoms with E-state index in [4.69, 9.17) is 0 Å². The molecule has 0 aliphatic carbocycles. The Balaban J connectivity index is 1.82. The van der Waals surface area contributed by atoms with Crippen LogP contribution in [0.1, 0.15) is 20.8 Å². The zero-order valence-corrected chi connectivity index (χ0v) is 15.2. The molecule has 0 saturated carbocycles. The molecule has 2 aromatic rings. The molecule has 0 bridgehead atoms. The third-order valence-corrected chi connectivity index (χ3v) is 4.03. The van der Waals surface area contributed by atoms with E-state index in [2.05, 4.69) is 25.2 Å². The van der Waals surface area contributed by atoms with E-state index in [0.717, 1.165) is 18.9 Å². The standard InChI is InChI=1S/C17H23N7O2/c1-17(2,3)21-15-14(24(25)26)16(20-12-19-15)23-10-8-22(9-11-23)13-6-4-5-7-18-13/h4-7,12H,8-11H2,1-3H3,(H,19,20,21). The van der Waals surface area contributed by atoms with E-state index in [1.165, 1.54) is 6.33 Å². The maximum atomic E-state index is 11.7. The van der Waals surface area contributed by atoms with Gasteiger partial charge in [0.1, 0.15) is 12.1 Å². The van der Waals surface area contributed by atoms with Gasteiger partial charge in [0, 0.05) is 37.9 Å². The van der Waals surface area contributed by atoms with Crippen LogP contribution in [0, 0.1) is 10.1 Å². The van der Waals surface area contributed by atoms with Crippen molar-refractivity contribution in [3.63, 3.8) is 0 Å². The minimum Gasteiger partial charge on any atom is -0.360 e. The molecule has 0 radical (unpaired) electrons. The lowest BCUT2D eigenvalue weighted by molar-refractivity contribution is -0.383. The number of rotatable bonds is 4. The molecule has 138 valence electrons. The second-order valence-corrected chi connectivity index (χ2v) is 7.19. The molecule has 1 N–H and O–H groups in total. The van der Waals surface area contributed by atoms with Gasteiger partial charge in [-0.3, -0.25) is 10.1 Å². The highest BCUT2D eigenvalue weighted by molar-refractivity contribution is 5.71. The molecular formula is C17H23N7O2. The molecule has 9 heteroatoms. The van der Waals surface area contributed by atoms with Crippen molar-refractivity contribution in [2.45, 2.75) is 26.3 Å². The quantitative estimate of drug-likeness (QED) is 0.657. The number of hydrogen-bond acceptors (Lipinski definition) is 8. The Bertz CT molecular complexity index is 768. The van der Waals surface area contributed by atoms with E-state index in [9.17, 15) is 10.1 Å². The zero-order valence-electron chi connectivity index (χ0n) is 15.2. The van der Waals surface area contributed by atoms with Crippen LogP contribution in [-0.2, 0) is 0 Å². The highest BCUT2D eigenvalue weighted by atomic mass is 16.6. The molecule has 1 aliphatic rings. The van der Waals surface area contributed by atoms with Crippen LogP contribution in [0.25, 0.3) is 0 Å². The van der Waals surface area contributed by atoms with Gasteiger partial charge in [0.05, 0.1) is 4.92 Å². The van der Waals surface area contributed by atoms with Crippen LogP contribution in [0.5, 0.6) is 0 Å². The lowest BCUT2D eigenvalue weighted by Gasteiger charge is -2.35. The third-order valence-electron chi connectivity index (χ3n) is 4.03. The van der Waals surface area contributed by atoms with E-state index in [0.29, 0.717) is 18.9 Å². The fourth-order valence-electron chi connectivity index (χ4n) is 2.90. The van der Waals surface area contributed by atoms with Crippen molar-refractivity contribution in [2.24, 2.45) is 0 Å². The molecule has 0 amide bonds. The van der Waals surface area contributed by atoms with E-state index >= 15 is 0 Å². The number of nitro groups is 1. The fraction of sp³-hybridized carbons (Fsp3) is 0.471. The molecule has 1 aliphatic heterocycles. The summed E-state index contributed by atoms with van der Waals surface area (Å²) in [5.74, 6) is 1.52. The van der Waals surface area contributed by atoms with Crippen molar-refractivity contribution in [1.29, 1.82) is 0 Å². The van der Waals surface area contributed by atoms with Gasteiger partial charge in [-0.15, -0.1) is 0 Å². The first-order valence-electron chi connectivity index (χ1n) is 8.53. The molecule has 3 heterocycles. The molecule has 9 nitrogen and oxygen atoms in total. The first-order chi connectivity index (χ1) is 12.3. The van der Waals surface area contributed by atoms with E-state index < -0.39 is 4.92 Å². The lowest BCUT2D eigenvalue weighted by Crippen LogP contribution is -2.47. The fourth-order valence-corrected chi connectivity index (χ4v) is 2.90. The average molecular weight is 357 g/mol. The zero-order chi connectivity index (χ0) is 18.7. The Hall–Kier alpha value is -2.97. The van der Waals surface area contributed by atoms with Crippen LogP contribution in [0.2, 0.25) is 0 Å². The summed E-state index contributed by atoms with van der Waals surface area (Å²) in [7, 11) is 0. The highest BCUT2D eigenvalue weighted by Crippen LogP contribution is 2.33. The van der Waals surface area contributed by atoms with Crippen molar-refractivity contribution < 1.29 is 4.92 Å². The molecule has 0 aromatic carbocycles. The van der Waals surface area contributed by atoms with Crippen molar-refractivity contribution >= 4 is 23.1 Å². The Labute approximate surface area is 152 Å². The summed E-state index contributed by atoms with van der Waals surface area (Å²) in [6, 6.07) is 5.80. The van der Waals surface area contributed by atoms with Crippen molar-refractivity contribution in [2.75, 3.05) is 41.3 Å². The van der Waals surface area contributed by atoms with Gasteiger partial charge in [0.25, 0.3) is 0 Å². The number of nitrogens with one attached hydrogen (secondary N) is 1. The van der Waals surface area contributed by atoms with E-state index in [1.54, 1.807) is 6.20 Å². The van der Waals surface area contributed by atoms with E-state index in [1.807, 2.05) is 43.9 Å². The lowest BCUT2D eigenvalue weighted by atomic mass is 10.1. The van der Waals surface area contributed by atoms with Gasteiger partial charge >= 0.3 is 5.69 Å². The first kappa shape index (κ1) is 17.8. The molecule has 0 atom stereocenters. The van der Waals surface area contributed by atoms with Crippen molar-refractivity contribution in [1.82, 2.24) is 15.0 Å². The van der Waals surface area contributed by atoms with Crippen LogP contribution < -0.4 is 15.1 Å². The van der Waals surface area contributed by atoms with Crippen LogP contribution >= 0.6 is 0 Å². The molecule has 2 aromatic heterocycles. The largest absolute Gasteiger partial charge is 0.360 e. The van der Waals surface area contributed by atoms with Crippen LogP contribution in [0.15, 0.2) is 30.7 Å². The van der Waals surface area contributed by atoms with Gasteiger partial charge < -0.3 is 15.1 Å². The number of piperazine rings is 1. The normalized spacial score (nSPS) is 15.0. The maximum Gasteiger partial charge on any atom is 0.353 e. The number of aromatic nitrogens is 3. The topological polar surface area (TPSA) is 100 Å². The number of nitrogens with zero attached hydrogens (tertiary/aromatic N) is 6. The van der Waals surface area contributed by atoms with Crippen molar-refractivity contribution in [3.8, 4) is 0 Å². The van der Waals surface area contributed by atoms with E-state index in [-0.39, 0.29) is 17.0 Å². The van der Waals surface area contributed by atoms with Gasteiger partial charge in [0.2, 0.25) is 11.6 Å². The maximum absolute atomic E-state index is 11.7. The minimum absolute atomic E-state index is 0.0753. The van der Waals surface area contributed by atoms with Crippen LogP contribution in [0.3, 0.4) is 0 Å². The summed E-state index contributed by atoms with van der Waals surface area (Å²) in [5.41, 5.74) is -0.414. The second kappa shape index (κ2) is 7.11. The molecule has 1 fully saturated rings. The molecule has 0 unspecified atom stereocenters. The van der Waals surface area contributed by atoms with Gasteiger partial charge in [-0.1, -0.05) is 6.07 Å². The van der Waals surface area contributed by atoms with Gasteiger partial charge in [0.15, 0.2) is 0 Å². The smallest absolute Gasteiger partial charge is 0.353 e. The Morgan fingerprint density at radius 1 is 1.08 bits per heavy atom. The van der Waals surface area contributed by atoms with Crippen LogP contribution in [0.4, 0.5) is 23.1 Å². The first-order valence-corrected chi connectivity index (χ1v) is 8.53. The van der Waals surface area contributed by atoms with Crippen molar-refractivity contribution in [3.05, 3.63) is 40.8 Å².